The lowest BCUT2D eigenvalue weighted by Crippen LogP contribution is -2.35. The second-order valence-corrected chi connectivity index (χ2v) is 7.90. The van der Waals surface area contributed by atoms with Crippen LogP contribution >= 0.6 is 0 Å². The van der Waals surface area contributed by atoms with E-state index in [1.54, 1.807) is 39.5 Å². The number of carbonyl (C=O) groups is 1. The first-order chi connectivity index (χ1) is 15.4. The van der Waals surface area contributed by atoms with Gasteiger partial charge in [-0.1, -0.05) is 19.1 Å². The maximum Gasteiger partial charge on any atom is 0.338 e. The minimum Gasteiger partial charge on any atom is -0.496 e. The summed E-state index contributed by atoms with van der Waals surface area (Å²) in [6, 6.07) is 11.9. The molecule has 0 N–H and O–H groups in total. The van der Waals surface area contributed by atoms with Gasteiger partial charge >= 0.3 is 5.97 Å². The van der Waals surface area contributed by atoms with E-state index >= 15 is 0 Å². The number of esters is 1. The van der Waals surface area contributed by atoms with Crippen LogP contribution in [0.25, 0.3) is 0 Å². The molecule has 0 radical (unpaired) electrons. The van der Waals surface area contributed by atoms with Gasteiger partial charge in [-0.05, 0) is 81.6 Å². The normalized spacial score (nSPS) is 11.8. The van der Waals surface area contributed by atoms with Gasteiger partial charge in [-0.15, -0.1) is 0 Å². The quantitative estimate of drug-likeness (QED) is 0.324. The highest BCUT2D eigenvalue weighted by Crippen LogP contribution is 2.27. The summed E-state index contributed by atoms with van der Waals surface area (Å²) in [6.07, 6.45) is 2.79. The monoisotopic (exact) mass is 443 g/mol. The van der Waals surface area contributed by atoms with E-state index < -0.39 is 0 Å². The van der Waals surface area contributed by atoms with Gasteiger partial charge in [-0.2, -0.15) is 0 Å². The number of hydrogen-bond donors (Lipinski definition) is 0. The molecule has 0 aliphatic rings. The zero-order chi connectivity index (χ0) is 23.5. The van der Waals surface area contributed by atoms with Crippen LogP contribution < -0.4 is 14.2 Å². The van der Waals surface area contributed by atoms with Crippen molar-refractivity contribution in [2.45, 2.75) is 46.1 Å². The van der Waals surface area contributed by atoms with Crippen molar-refractivity contribution in [2.24, 2.45) is 0 Å². The topological polar surface area (TPSA) is 57.2 Å². The molecule has 0 spiro atoms. The van der Waals surface area contributed by atoms with Gasteiger partial charge in [-0.25, -0.2) is 4.79 Å². The van der Waals surface area contributed by atoms with Gasteiger partial charge in [0.2, 0.25) is 0 Å². The van der Waals surface area contributed by atoms with E-state index in [4.69, 9.17) is 18.9 Å². The molecular formula is C26H37NO5. The van der Waals surface area contributed by atoms with E-state index in [0.717, 1.165) is 43.7 Å². The highest BCUT2D eigenvalue weighted by Gasteiger charge is 2.14. The van der Waals surface area contributed by atoms with E-state index in [-0.39, 0.29) is 5.97 Å². The van der Waals surface area contributed by atoms with Crippen molar-refractivity contribution in [1.29, 1.82) is 0 Å². The molecule has 0 heterocycles. The zero-order valence-corrected chi connectivity index (χ0v) is 20.3. The molecule has 0 fully saturated rings. The third kappa shape index (κ3) is 7.16. The average molecular weight is 444 g/mol. The minimum absolute atomic E-state index is 0.346. The van der Waals surface area contributed by atoms with E-state index in [0.29, 0.717) is 29.7 Å². The predicted molar refractivity (Wildman–Crippen MR) is 127 cm³/mol. The second kappa shape index (κ2) is 13.0. The predicted octanol–water partition coefficient (Wildman–Crippen LogP) is 4.91. The third-order valence-corrected chi connectivity index (χ3v) is 5.71. The van der Waals surface area contributed by atoms with Crippen molar-refractivity contribution >= 4 is 5.97 Å². The number of methoxy groups -OCH3 is 3. The number of carbonyl (C=O) groups excluding carboxylic acids is 1. The first kappa shape index (κ1) is 25.5. The fraction of sp³-hybridized carbons (Fsp3) is 0.500. The third-order valence-electron chi connectivity index (χ3n) is 5.71. The maximum absolute atomic E-state index is 12.3. The number of nitrogens with zero attached hydrogens (tertiary/aromatic N) is 1. The molecule has 1 unspecified atom stereocenters. The summed E-state index contributed by atoms with van der Waals surface area (Å²) in [5.41, 5.74) is 2.94. The first-order valence-electron chi connectivity index (χ1n) is 11.2. The van der Waals surface area contributed by atoms with Crippen LogP contribution in [0.15, 0.2) is 36.4 Å². The molecule has 0 aliphatic carbocycles. The molecule has 1 atom stereocenters. The Labute approximate surface area is 192 Å². The molecule has 0 aromatic heterocycles. The molecule has 2 aromatic carbocycles. The summed E-state index contributed by atoms with van der Waals surface area (Å²) >= 11 is 0. The molecule has 2 rings (SSSR count). The summed E-state index contributed by atoms with van der Waals surface area (Å²) in [5, 5.41) is 0. The number of aryl methyl sites for hydroxylation is 1. The smallest absolute Gasteiger partial charge is 0.338 e. The lowest BCUT2D eigenvalue weighted by molar-refractivity contribution is 0.0493. The van der Waals surface area contributed by atoms with Gasteiger partial charge in [-0.3, -0.25) is 0 Å². The Balaban J connectivity index is 1.76. The summed E-state index contributed by atoms with van der Waals surface area (Å²) < 4.78 is 21.3. The Morgan fingerprint density at radius 2 is 1.62 bits per heavy atom. The van der Waals surface area contributed by atoms with Crippen LogP contribution in [0.4, 0.5) is 0 Å². The molecule has 0 saturated carbocycles. The Bertz CT molecular complexity index is 867. The fourth-order valence-corrected chi connectivity index (χ4v) is 3.86. The zero-order valence-electron chi connectivity index (χ0n) is 20.3. The number of likely N-dealkylation sites (N-methyl/N-ethyl adjacent to an activating group) is 1. The number of ether oxygens (including phenoxy) is 4. The Morgan fingerprint density at radius 1 is 0.938 bits per heavy atom. The molecule has 176 valence electrons. The standard InChI is InChI=1S/C26H37NO5/c1-7-27(20(3)17-21-10-12-23(29-4)19(2)16-21)14-8-9-15-32-26(28)22-11-13-24(30-5)25(18-22)31-6/h10-13,16,18,20H,7-9,14-15,17H2,1-6H3. The van der Waals surface area contributed by atoms with Crippen molar-refractivity contribution in [3.05, 3.63) is 53.1 Å². The molecule has 2 aromatic rings. The van der Waals surface area contributed by atoms with Gasteiger partial charge in [0.15, 0.2) is 11.5 Å². The van der Waals surface area contributed by atoms with Crippen LogP contribution in [-0.2, 0) is 11.2 Å². The maximum atomic E-state index is 12.3. The van der Waals surface area contributed by atoms with Crippen LogP contribution in [0.1, 0.15) is 48.2 Å². The number of benzene rings is 2. The van der Waals surface area contributed by atoms with Gasteiger partial charge in [0, 0.05) is 6.04 Å². The van der Waals surface area contributed by atoms with Crippen molar-refractivity contribution in [2.75, 3.05) is 41.0 Å². The minimum atomic E-state index is -0.346. The highest BCUT2D eigenvalue weighted by molar-refractivity contribution is 5.90. The van der Waals surface area contributed by atoms with Gasteiger partial charge in [0.1, 0.15) is 5.75 Å². The van der Waals surface area contributed by atoms with Crippen molar-refractivity contribution < 1.29 is 23.7 Å². The van der Waals surface area contributed by atoms with Gasteiger partial charge in [0.05, 0.1) is 33.5 Å². The molecule has 0 aliphatic heterocycles. The van der Waals surface area contributed by atoms with Crippen molar-refractivity contribution in [3.8, 4) is 17.2 Å². The Kier molecular flexibility index (Phi) is 10.3. The second-order valence-electron chi connectivity index (χ2n) is 7.90. The first-order valence-corrected chi connectivity index (χ1v) is 11.2. The molecule has 6 nitrogen and oxygen atoms in total. The van der Waals surface area contributed by atoms with E-state index in [2.05, 4.69) is 37.8 Å². The molecule has 0 bridgehead atoms. The molecule has 6 heteroatoms. The van der Waals surface area contributed by atoms with E-state index in [1.807, 2.05) is 6.07 Å². The molecule has 0 saturated heterocycles. The summed E-state index contributed by atoms with van der Waals surface area (Å²) in [5.74, 6) is 1.68. The number of rotatable bonds is 13. The summed E-state index contributed by atoms with van der Waals surface area (Å²) in [4.78, 5) is 14.8. The van der Waals surface area contributed by atoms with Crippen molar-refractivity contribution in [3.63, 3.8) is 0 Å². The van der Waals surface area contributed by atoms with E-state index in [1.165, 1.54) is 5.56 Å². The largest absolute Gasteiger partial charge is 0.496 e. The summed E-state index contributed by atoms with van der Waals surface area (Å²) in [7, 11) is 4.81. The SMILES string of the molecule is CCN(CCCCOC(=O)c1ccc(OC)c(OC)c1)C(C)Cc1ccc(OC)c(C)c1. The van der Waals surface area contributed by atoms with Crippen molar-refractivity contribution in [1.82, 2.24) is 4.90 Å². The molecular weight excluding hydrogens is 406 g/mol. The van der Waals surface area contributed by atoms with Gasteiger partial charge < -0.3 is 23.8 Å². The fourth-order valence-electron chi connectivity index (χ4n) is 3.86. The molecule has 32 heavy (non-hydrogen) atoms. The molecule has 0 amide bonds. The number of hydrogen-bond acceptors (Lipinski definition) is 6. The van der Waals surface area contributed by atoms with E-state index in [9.17, 15) is 4.79 Å². The summed E-state index contributed by atoms with van der Waals surface area (Å²) in [6.45, 7) is 8.89. The average Bonchev–Trinajstić information content (AvgIpc) is 2.80. The Hall–Kier alpha value is -2.73. The lowest BCUT2D eigenvalue weighted by Gasteiger charge is -2.28. The van der Waals surface area contributed by atoms with Crippen LogP contribution in [0.5, 0.6) is 17.2 Å². The van der Waals surface area contributed by atoms with Crippen LogP contribution in [0, 0.1) is 6.92 Å². The van der Waals surface area contributed by atoms with Crippen LogP contribution in [0.2, 0.25) is 0 Å². The Morgan fingerprint density at radius 3 is 2.25 bits per heavy atom. The highest BCUT2D eigenvalue weighted by atomic mass is 16.5. The van der Waals surface area contributed by atoms with Crippen LogP contribution in [0.3, 0.4) is 0 Å². The van der Waals surface area contributed by atoms with Gasteiger partial charge in [0.25, 0.3) is 0 Å². The number of unbranched alkanes of at least 4 members (excludes halogenated alkanes) is 1. The van der Waals surface area contributed by atoms with Crippen LogP contribution in [-0.4, -0.2) is 57.9 Å². The lowest BCUT2D eigenvalue weighted by atomic mass is 10.0.